The summed E-state index contributed by atoms with van der Waals surface area (Å²) in [6, 6.07) is 2.35. The Labute approximate surface area is 97.8 Å². The third-order valence-corrected chi connectivity index (χ3v) is 1.95. The van der Waals surface area contributed by atoms with Crippen LogP contribution in [0, 0.1) is 10.1 Å². The van der Waals surface area contributed by atoms with Crippen LogP contribution in [0.4, 0.5) is 5.88 Å². The molecule has 7 nitrogen and oxygen atoms in total. The van der Waals surface area contributed by atoms with Crippen molar-refractivity contribution >= 4 is 11.8 Å². The Bertz CT molecular complexity index is 432. The molecule has 0 aromatic carbocycles. The molecule has 0 bridgehead atoms. The van der Waals surface area contributed by atoms with Crippen LogP contribution in [0.25, 0.3) is 0 Å². The van der Waals surface area contributed by atoms with Crippen molar-refractivity contribution in [3.05, 3.63) is 28.0 Å². The van der Waals surface area contributed by atoms with Gasteiger partial charge >= 0.3 is 5.88 Å². The second-order valence-corrected chi connectivity index (χ2v) is 4.37. The Hall–Kier alpha value is -1.89. The van der Waals surface area contributed by atoms with Gasteiger partial charge in [0.1, 0.15) is 4.92 Å². The minimum atomic E-state index is -1.04. The molecule has 0 aliphatic carbocycles. The number of hydrogen-bond donors (Lipinski definition) is 1. The third kappa shape index (κ3) is 3.56. The predicted octanol–water partition coefficient (Wildman–Crippen LogP) is 1.03. The Morgan fingerprint density at radius 2 is 2.18 bits per heavy atom. The van der Waals surface area contributed by atoms with Crippen LogP contribution in [0.3, 0.4) is 0 Å². The van der Waals surface area contributed by atoms with E-state index in [0.29, 0.717) is 0 Å². The Balaban J connectivity index is 2.78. The van der Waals surface area contributed by atoms with Gasteiger partial charge < -0.3 is 14.4 Å². The van der Waals surface area contributed by atoms with E-state index in [0.717, 1.165) is 6.07 Å². The highest BCUT2D eigenvalue weighted by Crippen LogP contribution is 2.17. The minimum absolute atomic E-state index is 0.0976. The molecule has 0 aliphatic heterocycles. The minimum Gasteiger partial charge on any atom is -0.395 e. The lowest BCUT2D eigenvalue weighted by Crippen LogP contribution is -2.39. The number of nitro groups is 1. The normalized spacial score (nSPS) is 11.3. The molecule has 1 N–H and O–H groups in total. The van der Waals surface area contributed by atoms with Gasteiger partial charge in [-0.25, -0.2) is 0 Å². The van der Waals surface area contributed by atoms with Crippen molar-refractivity contribution in [3.63, 3.8) is 0 Å². The van der Waals surface area contributed by atoms with Crippen LogP contribution in [-0.4, -0.2) is 40.0 Å². The molecule has 0 atom stereocenters. The fraction of sp³-hybridized carbons (Fsp3) is 0.500. The Morgan fingerprint density at radius 1 is 1.59 bits per heavy atom. The average Bonchev–Trinajstić information content (AvgIpc) is 2.62. The van der Waals surface area contributed by atoms with Gasteiger partial charge in [0.15, 0.2) is 5.76 Å². The third-order valence-electron chi connectivity index (χ3n) is 1.95. The van der Waals surface area contributed by atoms with Crippen molar-refractivity contribution in [1.29, 1.82) is 0 Å². The quantitative estimate of drug-likeness (QED) is 0.628. The van der Waals surface area contributed by atoms with E-state index in [9.17, 15) is 20.0 Å². The molecule has 1 rings (SSSR count). The highest BCUT2D eigenvalue weighted by molar-refractivity contribution is 5.91. The van der Waals surface area contributed by atoms with Crippen molar-refractivity contribution < 1.29 is 19.2 Å². The number of likely N-dealkylation sites (N-methyl/N-ethyl adjacent to an activating group) is 1. The second-order valence-electron chi connectivity index (χ2n) is 4.37. The van der Waals surface area contributed by atoms with Crippen molar-refractivity contribution in [2.45, 2.75) is 19.4 Å². The highest BCUT2D eigenvalue weighted by Gasteiger charge is 2.24. The Morgan fingerprint density at radius 3 is 2.59 bits per heavy atom. The van der Waals surface area contributed by atoms with Crippen molar-refractivity contribution in [1.82, 2.24) is 4.90 Å². The number of aliphatic hydroxyl groups is 1. The molecular weight excluding hydrogens is 228 g/mol. The maximum atomic E-state index is 11.8. The lowest BCUT2D eigenvalue weighted by atomic mass is 10.1. The van der Waals surface area contributed by atoms with E-state index in [-0.39, 0.29) is 12.3 Å². The van der Waals surface area contributed by atoms with Crippen LogP contribution in [0.5, 0.6) is 0 Å². The van der Waals surface area contributed by atoms with Gasteiger partial charge in [-0.05, 0) is 19.9 Å². The summed E-state index contributed by atoms with van der Waals surface area (Å²) in [5.74, 6) is -1.12. The second kappa shape index (κ2) is 4.54. The number of hydrogen-bond acceptors (Lipinski definition) is 5. The monoisotopic (exact) mass is 242 g/mol. The molecule has 0 spiro atoms. The fourth-order valence-corrected chi connectivity index (χ4v) is 1.38. The molecule has 1 aromatic heterocycles. The van der Waals surface area contributed by atoms with Gasteiger partial charge in [0.25, 0.3) is 5.91 Å². The average molecular weight is 242 g/mol. The van der Waals surface area contributed by atoms with Crippen LogP contribution >= 0.6 is 0 Å². The number of carbonyl (C=O) groups excluding carboxylic acids is 1. The van der Waals surface area contributed by atoms with Crippen LogP contribution in [0.2, 0.25) is 0 Å². The van der Waals surface area contributed by atoms with Gasteiger partial charge in [0.05, 0.1) is 11.7 Å². The van der Waals surface area contributed by atoms with Crippen molar-refractivity contribution in [2.75, 3.05) is 13.6 Å². The number of rotatable bonds is 4. The van der Waals surface area contributed by atoms with Crippen LogP contribution in [0.1, 0.15) is 24.4 Å². The molecule has 94 valence electrons. The van der Waals surface area contributed by atoms with Crippen molar-refractivity contribution in [3.8, 4) is 0 Å². The summed E-state index contributed by atoms with van der Waals surface area (Å²) in [6.07, 6.45) is 0. The molecule has 1 aromatic rings. The first-order valence-electron chi connectivity index (χ1n) is 4.93. The summed E-state index contributed by atoms with van der Waals surface area (Å²) in [5, 5.41) is 19.9. The summed E-state index contributed by atoms with van der Waals surface area (Å²) in [5.41, 5.74) is -1.04. The molecule has 0 saturated heterocycles. The number of furan rings is 1. The van der Waals surface area contributed by atoms with Crippen LogP contribution < -0.4 is 0 Å². The van der Waals surface area contributed by atoms with Crippen LogP contribution in [0.15, 0.2) is 16.5 Å². The smallest absolute Gasteiger partial charge is 0.395 e. The van der Waals surface area contributed by atoms with Gasteiger partial charge in [-0.3, -0.25) is 14.9 Å². The zero-order valence-corrected chi connectivity index (χ0v) is 9.84. The molecule has 1 heterocycles. The lowest BCUT2D eigenvalue weighted by Gasteiger charge is -2.24. The van der Waals surface area contributed by atoms with E-state index in [1.54, 1.807) is 13.8 Å². The summed E-state index contributed by atoms with van der Waals surface area (Å²) in [4.78, 5) is 22.7. The molecule has 0 unspecified atom stereocenters. The van der Waals surface area contributed by atoms with Crippen molar-refractivity contribution in [2.24, 2.45) is 0 Å². The van der Waals surface area contributed by atoms with Crippen LogP contribution in [-0.2, 0) is 0 Å². The summed E-state index contributed by atoms with van der Waals surface area (Å²) in [6.45, 7) is 3.21. The predicted molar refractivity (Wildman–Crippen MR) is 58.6 cm³/mol. The van der Waals surface area contributed by atoms with E-state index in [1.165, 1.54) is 18.0 Å². The van der Waals surface area contributed by atoms with E-state index >= 15 is 0 Å². The molecule has 0 fully saturated rings. The summed E-state index contributed by atoms with van der Waals surface area (Å²) < 4.78 is 4.77. The molecular formula is C10H14N2O5. The molecule has 0 radical (unpaired) electrons. The largest absolute Gasteiger partial charge is 0.433 e. The maximum Gasteiger partial charge on any atom is 0.433 e. The first-order valence-corrected chi connectivity index (χ1v) is 4.93. The van der Waals surface area contributed by atoms with E-state index < -0.39 is 22.3 Å². The Kier molecular flexibility index (Phi) is 3.52. The first-order chi connectivity index (χ1) is 7.70. The summed E-state index contributed by atoms with van der Waals surface area (Å²) >= 11 is 0. The molecule has 1 amide bonds. The number of nitrogens with zero attached hydrogens (tertiary/aromatic N) is 2. The van der Waals surface area contributed by atoms with E-state index in [4.69, 9.17) is 4.42 Å². The van der Waals surface area contributed by atoms with Gasteiger partial charge in [0, 0.05) is 13.6 Å². The molecule has 17 heavy (non-hydrogen) atoms. The standard InChI is InChI=1S/C10H14N2O5/c1-10(2,14)6-11(3)9(13)7-4-5-8(17-7)12(15)16/h4-5,14H,6H2,1-3H3. The van der Waals surface area contributed by atoms with Gasteiger partial charge in [-0.1, -0.05) is 0 Å². The zero-order chi connectivity index (χ0) is 13.2. The lowest BCUT2D eigenvalue weighted by molar-refractivity contribution is -0.402. The first kappa shape index (κ1) is 13.2. The van der Waals surface area contributed by atoms with Gasteiger partial charge in [-0.15, -0.1) is 0 Å². The zero-order valence-electron chi connectivity index (χ0n) is 9.84. The maximum absolute atomic E-state index is 11.8. The topological polar surface area (TPSA) is 96.8 Å². The summed E-state index contributed by atoms with van der Waals surface area (Å²) in [7, 11) is 1.48. The van der Waals surface area contributed by atoms with E-state index in [1.807, 2.05) is 0 Å². The SMILES string of the molecule is CN(CC(C)(C)O)C(=O)c1ccc([N+](=O)[O-])o1. The molecule has 7 heteroatoms. The molecule has 0 aliphatic rings. The van der Waals surface area contributed by atoms with Gasteiger partial charge in [0.2, 0.25) is 0 Å². The van der Waals surface area contributed by atoms with E-state index in [2.05, 4.69) is 0 Å². The fourth-order valence-electron chi connectivity index (χ4n) is 1.38. The number of amides is 1. The van der Waals surface area contributed by atoms with Gasteiger partial charge in [-0.2, -0.15) is 0 Å². The molecule has 0 saturated carbocycles. The highest BCUT2D eigenvalue weighted by atomic mass is 16.6. The number of carbonyl (C=O) groups is 1.